The van der Waals surface area contributed by atoms with Crippen LogP contribution in [0.2, 0.25) is 0 Å². The number of rotatable bonds is 6. The van der Waals surface area contributed by atoms with Gasteiger partial charge in [0.1, 0.15) is 6.04 Å². The quantitative estimate of drug-likeness (QED) is 0.737. The van der Waals surface area contributed by atoms with Crippen LogP contribution in [0.25, 0.3) is 0 Å². The van der Waals surface area contributed by atoms with Gasteiger partial charge in [-0.25, -0.2) is 8.42 Å². The summed E-state index contributed by atoms with van der Waals surface area (Å²) in [5, 5.41) is 6.06. The number of hydrogen-bond donors (Lipinski definition) is 2. The third-order valence-electron chi connectivity index (χ3n) is 5.58. The van der Waals surface area contributed by atoms with Crippen LogP contribution in [-0.4, -0.2) is 51.0 Å². The molecule has 8 heteroatoms. The lowest BCUT2D eigenvalue weighted by atomic mass is 10.1. The number of fused-ring (bicyclic) bond motifs is 1. The molecule has 0 spiro atoms. The molecule has 0 saturated carbocycles. The second-order valence-corrected chi connectivity index (χ2v) is 9.67. The van der Waals surface area contributed by atoms with Crippen molar-refractivity contribution in [2.24, 2.45) is 0 Å². The molecule has 1 aliphatic heterocycles. The molecular weight excluding hydrogens is 402 g/mol. The summed E-state index contributed by atoms with van der Waals surface area (Å²) >= 11 is 0. The monoisotopic (exact) mass is 429 g/mol. The first-order valence-corrected chi connectivity index (χ1v) is 11.7. The Balaban J connectivity index is 1.42. The lowest BCUT2D eigenvalue weighted by Gasteiger charge is -2.26. The summed E-state index contributed by atoms with van der Waals surface area (Å²) in [6, 6.07) is 12.2. The van der Waals surface area contributed by atoms with Gasteiger partial charge in [0.05, 0.1) is 18.1 Å². The molecule has 2 N–H and O–H groups in total. The number of nitrogens with one attached hydrogen (secondary N) is 2. The Hall–Kier alpha value is -2.42. The minimum atomic E-state index is -3.61. The van der Waals surface area contributed by atoms with Crippen LogP contribution in [0.15, 0.2) is 47.4 Å². The molecule has 2 aromatic rings. The molecule has 1 aliphatic carbocycles. The van der Waals surface area contributed by atoms with Gasteiger partial charge in [-0.3, -0.25) is 4.79 Å². The third-order valence-corrected chi connectivity index (χ3v) is 7.48. The summed E-state index contributed by atoms with van der Waals surface area (Å²) in [4.78, 5) is 12.8. The highest BCUT2D eigenvalue weighted by Crippen LogP contribution is 2.25. The van der Waals surface area contributed by atoms with E-state index >= 15 is 0 Å². The molecule has 2 aromatic carbocycles. The zero-order valence-electron chi connectivity index (χ0n) is 17.1. The van der Waals surface area contributed by atoms with E-state index in [1.807, 2.05) is 6.07 Å². The maximum Gasteiger partial charge on any atom is 0.246 e. The third kappa shape index (κ3) is 4.50. The number of benzene rings is 2. The second kappa shape index (κ2) is 8.75. The van der Waals surface area contributed by atoms with Gasteiger partial charge in [-0.1, -0.05) is 12.1 Å². The van der Waals surface area contributed by atoms with Gasteiger partial charge in [-0.05, 0) is 67.6 Å². The summed E-state index contributed by atoms with van der Waals surface area (Å²) in [5.41, 5.74) is 4.10. The molecule has 30 heavy (non-hydrogen) atoms. The van der Waals surface area contributed by atoms with Crippen LogP contribution in [-0.2, 0) is 32.4 Å². The number of hydrogen-bond acceptors (Lipinski definition) is 5. The van der Waals surface area contributed by atoms with Gasteiger partial charge in [0.15, 0.2) is 0 Å². The van der Waals surface area contributed by atoms with Crippen molar-refractivity contribution >= 4 is 27.3 Å². The first-order valence-electron chi connectivity index (χ1n) is 10.3. The van der Waals surface area contributed by atoms with Crippen molar-refractivity contribution in [2.45, 2.75) is 37.1 Å². The van der Waals surface area contributed by atoms with E-state index in [0.29, 0.717) is 32.0 Å². The Morgan fingerprint density at radius 2 is 1.80 bits per heavy atom. The summed E-state index contributed by atoms with van der Waals surface area (Å²) in [6.07, 6.45) is 3.38. The molecule has 1 atom stereocenters. The standard InChI is InChI=1S/C22H27N3O4S/c1-16(23-20-9-8-17-4-2-5-18(17)14-20)22(26)24-19-6-3-7-21(15-19)30(27,28)25-10-12-29-13-11-25/h3,6-9,14-16,23H,2,4-5,10-13H2,1H3,(H,24,26). The van der Waals surface area contributed by atoms with Crippen molar-refractivity contribution in [3.05, 3.63) is 53.6 Å². The average Bonchev–Trinajstić information content (AvgIpc) is 3.22. The lowest BCUT2D eigenvalue weighted by Crippen LogP contribution is -2.40. The van der Waals surface area contributed by atoms with E-state index in [9.17, 15) is 13.2 Å². The fraction of sp³-hybridized carbons (Fsp3) is 0.409. The topological polar surface area (TPSA) is 87.7 Å². The molecule has 4 rings (SSSR count). The van der Waals surface area contributed by atoms with E-state index in [4.69, 9.17) is 4.74 Å². The predicted molar refractivity (Wildman–Crippen MR) is 116 cm³/mol. The summed E-state index contributed by atoms with van der Waals surface area (Å²) in [7, 11) is -3.61. The van der Waals surface area contributed by atoms with E-state index in [2.05, 4.69) is 22.8 Å². The minimum absolute atomic E-state index is 0.168. The van der Waals surface area contributed by atoms with Crippen LogP contribution in [0.5, 0.6) is 0 Å². The minimum Gasteiger partial charge on any atom is -0.379 e. The number of carbonyl (C=O) groups excluding carboxylic acids is 1. The first kappa shape index (κ1) is 20.8. The Morgan fingerprint density at radius 1 is 1.03 bits per heavy atom. The molecule has 1 heterocycles. The second-order valence-electron chi connectivity index (χ2n) is 7.74. The molecule has 0 aromatic heterocycles. The van der Waals surface area contributed by atoms with Crippen LogP contribution in [0, 0.1) is 0 Å². The number of carbonyl (C=O) groups is 1. The van der Waals surface area contributed by atoms with Gasteiger partial charge in [-0.2, -0.15) is 4.31 Å². The van der Waals surface area contributed by atoms with Crippen molar-refractivity contribution < 1.29 is 17.9 Å². The van der Waals surface area contributed by atoms with Crippen LogP contribution in [0.1, 0.15) is 24.5 Å². The first-order chi connectivity index (χ1) is 14.4. The van der Waals surface area contributed by atoms with Crippen molar-refractivity contribution in [3.8, 4) is 0 Å². The van der Waals surface area contributed by atoms with Gasteiger partial charge >= 0.3 is 0 Å². The SMILES string of the molecule is CC(Nc1ccc2c(c1)CCC2)C(=O)Nc1cccc(S(=O)(=O)N2CCOCC2)c1. The molecule has 1 fully saturated rings. The number of morpholine rings is 1. The number of amides is 1. The fourth-order valence-corrected chi connectivity index (χ4v) is 5.35. The van der Waals surface area contributed by atoms with Crippen molar-refractivity contribution in [1.29, 1.82) is 0 Å². The average molecular weight is 430 g/mol. The molecule has 1 saturated heterocycles. The number of sulfonamides is 1. The largest absolute Gasteiger partial charge is 0.379 e. The maximum absolute atomic E-state index is 12.8. The number of anilines is 2. The van der Waals surface area contributed by atoms with Crippen LogP contribution >= 0.6 is 0 Å². The molecule has 160 valence electrons. The summed E-state index contributed by atoms with van der Waals surface area (Å²) in [5.74, 6) is -0.226. The van der Waals surface area contributed by atoms with E-state index in [-0.39, 0.29) is 10.8 Å². The normalized spacial score (nSPS) is 17.9. The smallest absolute Gasteiger partial charge is 0.246 e. The zero-order chi connectivity index (χ0) is 21.1. The molecule has 0 bridgehead atoms. The molecular formula is C22H27N3O4S. The van der Waals surface area contributed by atoms with Crippen molar-refractivity contribution in [1.82, 2.24) is 4.31 Å². The summed E-state index contributed by atoms with van der Waals surface area (Å²) < 4.78 is 32.3. The van der Waals surface area contributed by atoms with Crippen molar-refractivity contribution in [3.63, 3.8) is 0 Å². The van der Waals surface area contributed by atoms with Gasteiger partial charge < -0.3 is 15.4 Å². The highest BCUT2D eigenvalue weighted by atomic mass is 32.2. The highest BCUT2D eigenvalue weighted by molar-refractivity contribution is 7.89. The molecule has 2 aliphatic rings. The van der Waals surface area contributed by atoms with Gasteiger partial charge in [0.25, 0.3) is 0 Å². The number of aryl methyl sites for hydroxylation is 2. The molecule has 1 amide bonds. The Morgan fingerprint density at radius 3 is 2.60 bits per heavy atom. The van der Waals surface area contributed by atoms with Crippen LogP contribution < -0.4 is 10.6 Å². The molecule has 1 unspecified atom stereocenters. The predicted octanol–water partition coefficient (Wildman–Crippen LogP) is 2.64. The van der Waals surface area contributed by atoms with Gasteiger partial charge in [-0.15, -0.1) is 0 Å². The number of nitrogens with zero attached hydrogens (tertiary/aromatic N) is 1. The van der Waals surface area contributed by atoms with E-state index in [1.54, 1.807) is 25.1 Å². The van der Waals surface area contributed by atoms with Crippen molar-refractivity contribution in [2.75, 3.05) is 36.9 Å². The van der Waals surface area contributed by atoms with Crippen LogP contribution in [0.3, 0.4) is 0 Å². The Labute approximate surface area is 177 Å². The van der Waals surface area contributed by atoms with E-state index in [1.165, 1.54) is 27.9 Å². The summed E-state index contributed by atoms with van der Waals surface area (Å²) in [6.45, 7) is 3.24. The van der Waals surface area contributed by atoms with E-state index < -0.39 is 16.1 Å². The Bertz CT molecular complexity index is 1030. The maximum atomic E-state index is 12.8. The van der Waals surface area contributed by atoms with E-state index in [0.717, 1.165) is 18.5 Å². The fourth-order valence-electron chi connectivity index (χ4n) is 3.90. The lowest BCUT2D eigenvalue weighted by molar-refractivity contribution is -0.116. The van der Waals surface area contributed by atoms with Gasteiger partial charge in [0, 0.05) is 24.5 Å². The van der Waals surface area contributed by atoms with Crippen LogP contribution in [0.4, 0.5) is 11.4 Å². The number of ether oxygens (including phenoxy) is 1. The van der Waals surface area contributed by atoms with Gasteiger partial charge in [0.2, 0.25) is 15.9 Å². The zero-order valence-corrected chi connectivity index (χ0v) is 17.9. The Kier molecular flexibility index (Phi) is 6.08. The molecule has 0 radical (unpaired) electrons. The highest BCUT2D eigenvalue weighted by Gasteiger charge is 2.26. The molecule has 7 nitrogen and oxygen atoms in total.